The van der Waals surface area contributed by atoms with Gasteiger partial charge in [-0.3, -0.25) is 19.2 Å². The van der Waals surface area contributed by atoms with E-state index in [0.29, 0.717) is 22.0 Å². The Balaban J connectivity index is 2.13. The van der Waals surface area contributed by atoms with Gasteiger partial charge in [0.05, 0.1) is 0 Å². The van der Waals surface area contributed by atoms with Crippen LogP contribution in [0.15, 0.2) is 47.8 Å². The van der Waals surface area contributed by atoms with Crippen LogP contribution in [0, 0.1) is 11.8 Å². The number of carbonyl (C=O) groups is 4. The number of carbonyl (C=O) groups excluding carboxylic acids is 4. The first-order chi connectivity index (χ1) is 12.3. The van der Waals surface area contributed by atoms with E-state index in [2.05, 4.69) is 10.6 Å². The average molecular weight is 373 g/mol. The van der Waals surface area contributed by atoms with Crippen molar-refractivity contribution in [3.63, 3.8) is 0 Å². The Kier molecular flexibility index (Phi) is 4.78. The second-order valence-electron chi connectivity index (χ2n) is 6.47. The molecule has 2 atom stereocenters. The van der Waals surface area contributed by atoms with Crippen molar-refractivity contribution in [2.24, 2.45) is 11.8 Å². The Morgan fingerprint density at radius 1 is 0.808 bits per heavy atom. The van der Waals surface area contributed by atoms with Gasteiger partial charge in [0.2, 0.25) is 11.8 Å². The summed E-state index contributed by atoms with van der Waals surface area (Å²) in [6, 6.07) is 6.46. The van der Waals surface area contributed by atoms with Gasteiger partial charge in [-0.25, -0.2) is 0 Å². The summed E-state index contributed by atoms with van der Waals surface area (Å²) in [4.78, 5) is 50.3. The van der Waals surface area contributed by atoms with Crippen LogP contribution in [0.5, 0.6) is 0 Å². The monoisotopic (exact) mass is 372 g/mol. The van der Waals surface area contributed by atoms with Crippen LogP contribution in [0.3, 0.4) is 0 Å². The maximum absolute atomic E-state index is 12.6. The molecule has 26 heavy (non-hydrogen) atoms. The second-order valence-corrected chi connectivity index (χ2v) is 6.91. The molecule has 2 unspecified atom stereocenters. The molecule has 3 rings (SSSR count). The van der Waals surface area contributed by atoms with Gasteiger partial charge in [0.25, 0.3) is 0 Å². The smallest absolute Gasteiger partial charge is 0.235 e. The molecule has 0 saturated heterocycles. The van der Waals surface area contributed by atoms with E-state index in [4.69, 9.17) is 11.6 Å². The van der Waals surface area contributed by atoms with Crippen molar-refractivity contribution in [2.45, 2.75) is 19.8 Å². The van der Waals surface area contributed by atoms with Crippen LogP contribution >= 0.6 is 11.6 Å². The van der Waals surface area contributed by atoms with Crippen LogP contribution in [0.25, 0.3) is 0 Å². The van der Waals surface area contributed by atoms with Crippen LogP contribution in [-0.4, -0.2) is 23.4 Å². The van der Waals surface area contributed by atoms with Gasteiger partial charge in [0.15, 0.2) is 11.6 Å². The highest BCUT2D eigenvalue weighted by atomic mass is 35.5. The van der Waals surface area contributed by atoms with Crippen molar-refractivity contribution >= 4 is 35.0 Å². The van der Waals surface area contributed by atoms with Crippen LogP contribution in [-0.2, 0) is 19.2 Å². The highest BCUT2D eigenvalue weighted by Gasteiger charge is 2.47. The summed E-state index contributed by atoms with van der Waals surface area (Å²) >= 11 is 5.93. The normalized spacial score (nSPS) is 24.4. The van der Waals surface area contributed by atoms with Gasteiger partial charge in [-0.15, -0.1) is 0 Å². The van der Waals surface area contributed by atoms with E-state index in [1.54, 1.807) is 38.1 Å². The van der Waals surface area contributed by atoms with E-state index in [1.165, 1.54) is 12.2 Å². The predicted molar refractivity (Wildman–Crippen MR) is 95.0 cm³/mol. The Hall–Kier alpha value is -2.73. The minimum absolute atomic E-state index is 0.432. The van der Waals surface area contributed by atoms with E-state index >= 15 is 0 Å². The zero-order valence-electron chi connectivity index (χ0n) is 14.2. The largest absolute Gasteiger partial charge is 0.329 e. The van der Waals surface area contributed by atoms with Gasteiger partial charge in [-0.1, -0.05) is 23.7 Å². The fourth-order valence-corrected chi connectivity index (χ4v) is 3.55. The molecule has 0 saturated carbocycles. The zero-order chi connectivity index (χ0) is 19.0. The van der Waals surface area contributed by atoms with Crippen molar-refractivity contribution in [3.8, 4) is 0 Å². The summed E-state index contributed by atoms with van der Waals surface area (Å²) in [6.07, 6.45) is 2.64. The van der Waals surface area contributed by atoms with Gasteiger partial charge in [-0.05, 0) is 31.5 Å². The minimum Gasteiger partial charge on any atom is -0.329 e. The number of hydrogen-bond acceptors (Lipinski definition) is 4. The van der Waals surface area contributed by atoms with E-state index in [0.717, 1.165) is 0 Å². The third-order valence-electron chi connectivity index (χ3n) is 4.51. The lowest BCUT2D eigenvalue weighted by Gasteiger charge is -2.33. The summed E-state index contributed by atoms with van der Waals surface area (Å²) in [7, 11) is 0. The van der Waals surface area contributed by atoms with Crippen molar-refractivity contribution in [2.75, 3.05) is 0 Å². The molecule has 0 radical (unpaired) electrons. The predicted octanol–water partition coefficient (Wildman–Crippen LogP) is 1.86. The maximum Gasteiger partial charge on any atom is 0.235 e. The summed E-state index contributed by atoms with van der Waals surface area (Å²) in [5.41, 5.74) is 1.39. The van der Waals surface area contributed by atoms with Crippen molar-refractivity contribution in [3.05, 3.63) is 58.4 Å². The standard InChI is InChI=1S/C19H17ClN2O4/c1-9-7-13(23)16(18(25)21-9)15(11-3-5-12(20)6-4-11)17-14(24)8-10(2)22-19(17)26/h3-8,15-17H,1-2H3,(H,21,25)(H,22,26). The number of hydrogen-bond donors (Lipinski definition) is 2. The lowest BCUT2D eigenvalue weighted by molar-refractivity contribution is -0.137. The summed E-state index contributed by atoms with van der Waals surface area (Å²) in [5.74, 6) is -5.20. The quantitative estimate of drug-likeness (QED) is 0.792. The zero-order valence-corrected chi connectivity index (χ0v) is 15.0. The lowest BCUT2D eigenvalue weighted by Crippen LogP contribution is -2.49. The molecule has 0 spiro atoms. The Morgan fingerprint density at radius 2 is 1.23 bits per heavy atom. The van der Waals surface area contributed by atoms with Crippen molar-refractivity contribution in [1.82, 2.24) is 10.6 Å². The molecule has 0 aliphatic carbocycles. The molecule has 6 nitrogen and oxygen atoms in total. The molecule has 2 aliphatic heterocycles. The van der Waals surface area contributed by atoms with Gasteiger partial charge < -0.3 is 10.6 Å². The fourth-order valence-electron chi connectivity index (χ4n) is 3.42. The molecule has 0 fully saturated rings. The molecular formula is C19H17ClN2O4. The number of amides is 2. The third-order valence-corrected chi connectivity index (χ3v) is 4.76. The maximum atomic E-state index is 12.6. The third kappa shape index (κ3) is 3.32. The Morgan fingerprint density at radius 3 is 1.62 bits per heavy atom. The van der Waals surface area contributed by atoms with Crippen molar-refractivity contribution in [1.29, 1.82) is 0 Å². The van der Waals surface area contributed by atoms with Crippen LogP contribution < -0.4 is 10.6 Å². The van der Waals surface area contributed by atoms with Crippen LogP contribution in [0.2, 0.25) is 5.02 Å². The molecule has 0 bridgehead atoms. The lowest BCUT2D eigenvalue weighted by atomic mass is 9.71. The number of ketones is 2. The fraction of sp³-hybridized carbons (Fsp3) is 0.263. The molecule has 2 N–H and O–H groups in total. The van der Waals surface area contributed by atoms with Crippen molar-refractivity contribution < 1.29 is 19.2 Å². The molecule has 2 amide bonds. The molecule has 7 heteroatoms. The Labute approximate surface area is 155 Å². The summed E-state index contributed by atoms with van der Waals surface area (Å²) < 4.78 is 0. The molecule has 134 valence electrons. The number of benzene rings is 1. The van der Waals surface area contributed by atoms with E-state index < -0.39 is 41.1 Å². The van der Waals surface area contributed by atoms with E-state index in [9.17, 15) is 19.2 Å². The number of nitrogens with one attached hydrogen (secondary N) is 2. The first-order valence-electron chi connectivity index (χ1n) is 8.09. The first-order valence-corrected chi connectivity index (χ1v) is 8.47. The van der Waals surface area contributed by atoms with Gasteiger partial charge in [0, 0.05) is 34.5 Å². The van der Waals surface area contributed by atoms with Gasteiger partial charge in [-0.2, -0.15) is 0 Å². The summed E-state index contributed by atoms with van der Waals surface area (Å²) in [5, 5.41) is 5.70. The molecule has 1 aromatic rings. The highest BCUT2D eigenvalue weighted by Crippen LogP contribution is 2.37. The molecule has 0 aromatic heterocycles. The minimum atomic E-state index is -1.17. The van der Waals surface area contributed by atoms with Crippen LogP contribution in [0.1, 0.15) is 25.3 Å². The number of allylic oxidation sites excluding steroid dienone is 4. The Bertz CT molecular complexity index is 820. The molecule has 1 aromatic carbocycles. The van der Waals surface area contributed by atoms with E-state index in [1.807, 2.05) is 0 Å². The summed E-state index contributed by atoms with van der Waals surface area (Å²) in [6.45, 7) is 3.21. The number of halogens is 1. The molecular weight excluding hydrogens is 356 g/mol. The second kappa shape index (κ2) is 6.88. The molecule has 2 aliphatic rings. The van der Waals surface area contributed by atoms with Gasteiger partial charge in [0.1, 0.15) is 11.8 Å². The van der Waals surface area contributed by atoms with E-state index in [-0.39, 0.29) is 0 Å². The SMILES string of the molecule is CC1=CC(=O)C(C(c2ccc(Cl)cc2)C2C(=O)C=C(C)NC2=O)C(=O)N1. The average Bonchev–Trinajstić information content (AvgIpc) is 2.52. The molecule has 2 heterocycles. The first kappa shape index (κ1) is 18.1. The van der Waals surface area contributed by atoms with Crippen LogP contribution in [0.4, 0.5) is 0 Å². The number of rotatable bonds is 3. The highest BCUT2D eigenvalue weighted by molar-refractivity contribution is 6.30. The topological polar surface area (TPSA) is 92.3 Å². The van der Waals surface area contributed by atoms with Gasteiger partial charge >= 0.3 is 0 Å².